The van der Waals surface area contributed by atoms with Gasteiger partial charge in [0, 0.05) is 18.6 Å². The Morgan fingerprint density at radius 1 is 1.14 bits per heavy atom. The van der Waals surface area contributed by atoms with E-state index < -0.39 is 11.7 Å². The summed E-state index contributed by atoms with van der Waals surface area (Å²) in [7, 11) is 0. The molecule has 1 aromatic rings. The van der Waals surface area contributed by atoms with Crippen LogP contribution in [0.15, 0.2) is 36.9 Å². The first-order valence-electron chi connectivity index (χ1n) is 7.36. The molecule has 1 fully saturated rings. The fraction of sp³-hybridized carbons (Fsp3) is 0.529. The minimum atomic E-state index is -4.26. The van der Waals surface area contributed by atoms with E-state index in [-0.39, 0.29) is 0 Å². The van der Waals surface area contributed by atoms with Gasteiger partial charge in [-0.15, -0.1) is 6.58 Å². The van der Waals surface area contributed by atoms with Gasteiger partial charge in [0.25, 0.3) is 0 Å². The largest absolute Gasteiger partial charge is 0.416 e. The van der Waals surface area contributed by atoms with Crippen molar-refractivity contribution in [3.05, 3.63) is 48.0 Å². The van der Waals surface area contributed by atoms with Gasteiger partial charge in [0.2, 0.25) is 0 Å². The van der Waals surface area contributed by atoms with E-state index in [2.05, 4.69) is 25.3 Å². The van der Waals surface area contributed by atoms with Crippen LogP contribution in [0.4, 0.5) is 13.2 Å². The lowest BCUT2D eigenvalue weighted by Gasteiger charge is -2.42. The topological polar surface area (TPSA) is 3.24 Å². The van der Waals surface area contributed by atoms with Crippen LogP contribution < -0.4 is 0 Å². The van der Waals surface area contributed by atoms with Gasteiger partial charge in [-0.05, 0) is 50.3 Å². The van der Waals surface area contributed by atoms with E-state index in [1.54, 1.807) is 12.1 Å². The normalized spacial score (nSPS) is 27.6. The van der Waals surface area contributed by atoms with Crippen LogP contribution in [0.3, 0.4) is 0 Å². The van der Waals surface area contributed by atoms with Gasteiger partial charge < -0.3 is 0 Å². The zero-order valence-corrected chi connectivity index (χ0v) is 12.5. The summed E-state index contributed by atoms with van der Waals surface area (Å²) in [6.07, 6.45) is -0.398. The summed E-state index contributed by atoms with van der Waals surface area (Å²) in [6.45, 7) is 9.00. The smallest absolute Gasteiger partial charge is 0.294 e. The molecule has 2 unspecified atom stereocenters. The average Bonchev–Trinajstić information content (AvgIpc) is 2.42. The van der Waals surface area contributed by atoms with E-state index in [9.17, 15) is 13.2 Å². The number of halogens is 3. The maximum Gasteiger partial charge on any atom is 0.416 e. The van der Waals surface area contributed by atoms with E-state index >= 15 is 0 Å². The second-order valence-corrected chi connectivity index (χ2v) is 5.97. The first-order chi connectivity index (χ1) is 9.82. The van der Waals surface area contributed by atoms with E-state index in [0.29, 0.717) is 18.0 Å². The third-order valence-electron chi connectivity index (χ3n) is 4.43. The van der Waals surface area contributed by atoms with E-state index in [4.69, 9.17) is 0 Å². The summed E-state index contributed by atoms with van der Waals surface area (Å²) in [6, 6.07) is 6.49. The highest BCUT2D eigenvalue weighted by molar-refractivity contribution is 5.28. The minimum absolute atomic E-state index is 0.332. The van der Waals surface area contributed by atoms with Crippen molar-refractivity contribution in [3.8, 4) is 0 Å². The zero-order valence-electron chi connectivity index (χ0n) is 12.5. The minimum Gasteiger partial charge on any atom is -0.294 e. The molecule has 2 rings (SSSR count). The fourth-order valence-electron chi connectivity index (χ4n) is 3.35. The zero-order chi connectivity index (χ0) is 15.6. The Balaban J connectivity index is 2.11. The molecule has 1 nitrogen and oxygen atoms in total. The summed E-state index contributed by atoms with van der Waals surface area (Å²) >= 11 is 0. The molecule has 116 valence electrons. The van der Waals surface area contributed by atoms with Crippen molar-refractivity contribution < 1.29 is 13.2 Å². The fourth-order valence-corrected chi connectivity index (χ4v) is 3.35. The molecule has 0 radical (unpaired) electrons. The van der Waals surface area contributed by atoms with Gasteiger partial charge in [-0.1, -0.05) is 18.2 Å². The summed E-state index contributed by atoms with van der Waals surface area (Å²) < 4.78 is 37.8. The lowest BCUT2D eigenvalue weighted by molar-refractivity contribution is -0.137. The summed E-state index contributed by atoms with van der Waals surface area (Å²) in [5.74, 6) is 0.332. The van der Waals surface area contributed by atoms with Gasteiger partial charge in [0.05, 0.1) is 5.56 Å². The highest BCUT2D eigenvalue weighted by atomic mass is 19.4. The molecule has 2 atom stereocenters. The number of hydrogen-bond donors (Lipinski definition) is 0. The first-order valence-corrected chi connectivity index (χ1v) is 7.36. The Morgan fingerprint density at radius 2 is 1.67 bits per heavy atom. The summed E-state index contributed by atoms with van der Waals surface area (Å²) in [5.41, 5.74) is 0.441. The number of alkyl halides is 3. The Labute approximate surface area is 124 Å². The average molecular weight is 297 g/mol. The molecular formula is C17H22F3N. The molecule has 21 heavy (non-hydrogen) atoms. The number of nitrogens with zero attached hydrogens (tertiary/aromatic N) is 1. The molecule has 0 N–H and O–H groups in total. The second kappa shape index (κ2) is 6.22. The molecular weight excluding hydrogens is 275 g/mol. The van der Waals surface area contributed by atoms with Crippen molar-refractivity contribution >= 4 is 0 Å². The molecule has 1 saturated heterocycles. The van der Waals surface area contributed by atoms with Crippen LogP contribution in [0.25, 0.3) is 0 Å². The van der Waals surface area contributed by atoms with Gasteiger partial charge in [-0.3, -0.25) is 4.90 Å². The Kier molecular flexibility index (Phi) is 4.77. The standard InChI is InChI=1S/C17H22F3N/c1-4-9-21-12(2)10-15(11-13(21)3)14-5-7-16(8-6-14)17(18,19)20/h4-8,12-13,15H,1,9-11H2,2-3H3. The molecule has 4 heteroatoms. The third kappa shape index (κ3) is 3.67. The van der Waals surface area contributed by atoms with Crippen LogP contribution in [0.2, 0.25) is 0 Å². The predicted molar refractivity (Wildman–Crippen MR) is 79.2 cm³/mol. The highest BCUT2D eigenvalue weighted by Crippen LogP contribution is 2.36. The van der Waals surface area contributed by atoms with Crippen molar-refractivity contribution in [2.75, 3.05) is 6.54 Å². The van der Waals surface area contributed by atoms with Gasteiger partial charge >= 0.3 is 6.18 Å². The maximum absolute atomic E-state index is 12.6. The van der Waals surface area contributed by atoms with Gasteiger partial charge in [0.1, 0.15) is 0 Å². The van der Waals surface area contributed by atoms with Crippen LogP contribution in [-0.4, -0.2) is 23.5 Å². The highest BCUT2D eigenvalue weighted by Gasteiger charge is 2.33. The Bertz CT molecular complexity index is 466. The van der Waals surface area contributed by atoms with Crippen LogP contribution in [0.1, 0.15) is 43.7 Å². The molecule has 1 heterocycles. The molecule has 1 aliphatic rings. The van der Waals surface area contributed by atoms with E-state index in [0.717, 1.165) is 24.9 Å². The van der Waals surface area contributed by atoms with Crippen LogP contribution >= 0.6 is 0 Å². The predicted octanol–water partition coefficient (Wildman–Crippen LogP) is 4.85. The maximum atomic E-state index is 12.6. The molecule has 0 aromatic heterocycles. The SMILES string of the molecule is C=CCN1C(C)CC(c2ccc(C(F)(F)F)cc2)CC1C. The molecule has 0 spiro atoms. The molecule has 1 aromatic carbocycles. The monoisotopic (exact) mass is 297 g/mol. The quantitative estimate of drug-likeness (QED) is 0.721. The summed E-state index contributed by atoms with van der Waals surface area (Å²) in [4.78, 5) is 2.40. The molecule has 0 saturated carbocycles. The Hall–Kier alpha value is -1.29. The molecule has 1 aliphatic heterocycles. The lowest BCUT2D eigenvalue weighted by atomic mass is 9.82. The van der Waals surface area contributed by atoms with Crippen LogP contribution in [0, 0.1) is 0 Å². The van der Waals surface area contributed by atoms with Crippen molar-refractivity contribution in [2.45, 2.75) is 50.9 Å². The van der Waals surface area contributed by atoms with Crippen molar-refractivity contribution in [3.63, 3.8) is 0 Å². The van der Waals surface area contributed by atoms with Crippen molar-refractivity contribution in [1.82, 2.24) is 4.90 Å². The van der Waals surface area contributed by atoms with E-state index in [1.165, 1.54) is 12.1 Å². The molecule has 0 amide bonds. The number of hydrogen-bond acceptors (Lipinski definition) is 1. The van der Waals surface area contributed by atoms with Gasteiger partial charge in [-0.2, -0.15) is 13.2 Å². The van der Waals surface area contributed by atoms with Crippen molar-refractivity contribution in [1.29, 1.82) is 0 Å². The molecule has 0 aliphatic carbocycles. The van der Waals surface area contributed by atoms with Gasteiger partial charge in [-0.25, -0.2) is 0 Å². The van der Waals surface area contributed by atoms with Crippen molar-refractivity contribution in [2.24, 2.45) is 0 Å². The molecule has 0 bridgehead atoms. The number of benzene rings is 1. The third-order valence-corrected chi connectivity index (χ3v) is 4.43. The van der Waals surface area contributed by atoms with Crippen LogP contribution in [0.5, 0.6) is 0 Å². The number of likely N-dealkylation sites (tertiary alicyclic amines) is 1. The van der Waals surface area contributed by atoms with E-state index in [1.807, 2.05) is 6.08 Å². The second-order valence-electron chi connectivity index (χ2n) is 5.97. The first kappa shape index (κ1) is 16.1. The lowest BCUT2D eigenvalue weighted by Crippen LogP contribution is -2.45. The Morgan fingerprint density at radius 3 is 2.10 bits per heavy atom. The van der Waals surface area contributed by atoms with Crippen LogP contribution in [-0.2, 0) is 6.18 Å². The number of rotatable bonds is 3. The number of piperidine rings is 1. The summed E-state index contributed by atoms with van der Waals surface area (Å²) in [5, 5.41) is 0. The van der Waals surface area contributed by atoms with Gasteiger partial charge in [0.15, 0.2) is 0 Å².